The second-order valence-electron chi connectivity index (χ2n) is 4.92. The second-order valence-corrected chi connectivity index (χ2v) is 4.92. The maximum Gasteiger partial charge on any atom is 0.305 e. The normalized spacial score (nSPS) is 10.6. The third-order valence-electron chi connectivity index (χ3n) is 3.32. The number of rotatable bonds is 6. The highest BCUT2D eigenvalue weighted by Gasteiger charge is 2.21. The molecule has 6 nitrogen and oxygen atoms in total. The van der Waals surface area contributed by atoms with Crippen LogP contribution >= 0.6 is 0 Å². The Bertz CT molecular complexity index is 731. The molecule has 8 heteroatoms. The Hall–Kier alpha value is -2.77. The van der Waals surface area contributed by atoms with E-state index >= 15 is 0 Å². The average molecular weight is 323 g/mol. The molecule has 0 spiro atoms. The number of halogens is 2. The summed E-state index contributed by atoms with van der Waals surface area (Å²) in [6.45, 7) is -0.365. The Kier molecular flexibility index (Phi) is 5.05. The number of amides is 1. The standard InChI is InChI=1S/C15H15F2N3O3/c1-19-12(5-7-18-19)15(23)20(8-6-13(21)22)9-10-3-2-4-11(16)14(10)17/h2-5,7H,6,8-9H2,1H3,(H,21,22). The van der Waals surface area contributed by atoms with Crippen molar-refractivity contribution in [1.29, 1.82) is 0 Å². The first-order valence-electron chi connectivity index (χ1n) is 6.82. The van der Waals surface area contributed by atoms with Crippen LogP contribution in [0.2, 0.25) is 0 Å². The first-order chi connectivity index (χ1) is 10.9. The topological polar surface area (TPSA) is 75.4 Å². The minimum atomic E-state index is -1.09. The fraction of sp³-hybridized carbons (Fsp3) is 0.267. The summed E-state index contributed by atoms with van der Waals surface area (Å²) in [5.74, 6) is -3.67. The Morgan fingerprint density at radius 3 is 2.65 bits per heavy atom. The number of carbonyl (C=O) groups is 2. The van der Waals surface area contributed by atoms with Crippen LogP contribution < -0.4 is 0 Å². The first kappa shape index (κ1) is 16.6. The monoisotopic (exact) mass is 323 g/mol. The highest BCUT2D eigenvalue weighted by atomic mass is 19.2. The predicted molar refractivity (Wildman–Crippen MR) is 76.6 cm³/mol. The van der Waals surface area contributed by atoms with E-state index in [1.807, 2.05) is 0 Å². The zero-order valence-electron chi connectivity index (χ0n) is 12.4. The molecule has 0 aliphatic rings. The zero-order valence-corrected chi connectivity index (χ0v) is 12.4. The van der Waals surface area contributed by atoms with Crippen molar-refractivity contribution in [2.75, 3.05) is 6.54 Å². The van der Waals surface area contributed by atoms with Crippen LogP contribution in [-0.2, 0) is 18.4 Å². The molecule has 0 saturated carbocycles. The number of hydrogen-bond acceptors (Lipinski definition) is 3. The minimum absolute atomic E-state index is 0.0223. The van der Waals surface area contributed by atoms with E-state index in [-0.39, 0.29) is 30.8 Å². The van der Waals surface area contributed by atoms with E-state index < -0.39 is 23.5 Å². The Morgan fingerprint density at radius 1 is 1.30 bits per heavy atom. The molecule has 0 bridgehead atoms. The number of benzene rings is 1. The van der Waals surface area contributed by atoms with E-state index in [4.69, 9.17) is 5.11 Å². The Morgan fingerprint density at radius 2 is 2.04 bits per heavy atom. The van der Waals surface area contributed by atoms with Gasteiger partial charge in [0.1, 0.15) is 5.69 Å². The number of carboxylic acid groups (broad SMARTS) is 1. The summed E-state index contributed by atoms with van der Waals surface area (Å²) in [5, 5.41) is 12.7. The van der Waals surface area contributed by atoms with Gasteiger partial charge in [-0.05, 0) is 12.1 Å². The van der Waals surface area contributed by atoms with Crippen LogP contribution in [0.15, 0.2) is 30.5 Å². The van der Waals surface area contributed by atoms with Gasteiger partial charge >= 0.3 is 5.97 Å². The summed E-state index contributed by atoms with van der Waals surface area (Å²) < 4.78 is 28.4. The van der Waals surface area contributed by atoms with Crippen molar-refractivity contribution < 1.29 is 23.5 Å². The molecule has 1 heterocycles. The molecule has 0 fully saturated rings. The van der Waals surface area contributed by atoms with Crippen molar-refractivity contribution in [3.05, 3.63) is 53.4 Å². The third-order valence-corrected chi connectivity index (χ3v) is 3.32. The fourth-order valence-electron chi connectivity index (χ4n) is 2.10. The molecule has 1 amide bonds. The number of aromatic nitrogens is 2. The van der Waals surface area contributed by atoms with Gasteiger partial charge in [0.25, 0.3) is 5.91 Å². The van der Waals surface area contributed by atoms with Crippen molar-refractivity contribution in [2.45, 2.75) is 13.0 Å². The summed E-state index contributed by atoms with van der Waals surface area (Å²) in [5.41, 5.74) is 0.207. The minimum Gasteiger partial charge on any atom is -0.481 e. The van der Waals surface area contributed by atoms with Gasteiger partial charge in [0.2, 0.25) is 0 Å². The molecule has 0 aliphatic heterocycles. The summed E-state index contributed by atoms with van der Waals surface area (Å²) in [7, 11) is 1.56. The van der Waals surface area contributed by atoms with Gasteiger partial charge in [0, 0.05) is 31.9 Å². The number of hydrogen-bond donors (Lipinski definition) is 1. The molecule has 2 rings (SSSR count). The molecular weight excluding hydrogens is 308 g/mol. The number of aryl methyl sites for hydroxylation is 1. The molecule has 0 unspecified atom stereocenters. The fourth-order valence-corrected chi connectivity index (χ4v) is 2.10. The van der Waals surface area contributed by atoms with Crippen LogP contribution in [0.3, 0.4) is 0 Å². The van der Waals surface area contributed by atoms with Crippen LogP contribution in [0.4, 0.5) is 8.78 Å². The molecule has 1 N–H and O–H groups in total. The molecule has 0 aliphatic carbocycles. The molecule has 0 radical (unpaired) electrons. The second kappa shape index (κ2) is 6.99. The van der Waals surface area contributed by atoms with Crippen LogP contribution in [0, 0.1) is 11.6 Å². The van der Waals surface area contributed by atoms with Gasteiger partial charge in [-0.25, -0.2) is 8.78 Å². The summed E-state index contributed by atoms with van der Waals surface area (Å²) in [6.07, 6.45) is 1.12. The molecule has 0 atom stereocenters. The lowest BCUT2D eigenvalue weighted by Crippen LogP contribution is -2.34. The van der Waals surface area contributed by atoms with Gasteiger partial charge in [0.15, 0.2) is 11.6 Å². The summed E-state index contributed by atoms with van der Waals surface area (Å²) in [6, 6.07) is 5.13. The lowest BCUT2D eigenvalue weighted by atomic mass is 10.1. The SMILES string of the molecule is Cn1nccc1C(=O)N(CCC(=O)O)Cc1cccc(F)c1F. The van der Waals surface area contributed by atoms with E-state index in [1.54, 1.807) is 7.05 Å². The Balaban J connectivity index is 2.27. The summed E-state index contributed by atoms with van der Waals surface area (Å²) in [4.78, 5) is 24.4. The molecule has 1 aromatic carbocycles. The van der Waals surface area contributed by atoms with Crippen LogP contribution in [0.5, 0.6) is 0 Å². The molecule has 0 saturated heterocycles. The Labute approximate surface area is 130 Å². The van der Waals surface area contributed by atoms with E-state index in [1.165, 1.54) is 29.1 Å². The van der Waals surface area contributed by atoms with Crippen molar-refractivity contribution in [1.82, 2.24) is 14.7 Å². The van der Waals surface area contributed by atoms with Crippen molar-refractivity contribution in [3.8, 4) is 0 Å². The number of carbonyl (C=O) groups excluding carboxylic acids is 1. The third kappa shape index (κ3) is 3.91. The van der Waals surface area contributed by atoms with Gasteiger partial charge < -0.3 is 10.0 Å². The van der Waals surface area contributed by atoms with Crippen LogP contribution in [0.1, 0.15) is 22.5 Å². The lowest BCUT2D eigenvalue weighted by Gasteiger charge is -2.22. The first-order valence-corrected chi connectivity index (χ1v) is 6.82. The summed E-state index contributed by atoms with van der Waals surface area (Å²) >= 11 is 0. The van der Waals surface area contributed by atoms with Gasteiger partial charge in [-0.3, -0.25) is 14.3 Å². The molecule has 23 heavy (non-hydrogen) atoms. The highest BCUT2D eigenvalue weighted by Crippen LogP contribution is 2.16. The molecule has 1 aromatic heterocycles. The van der Waals surface area contributed by atoms with Gasteiger partial charge in [-0.1, -0.05) is 12.1 Å². The van der Waals surface area contributed by atoms with E-state index in [2.05, 4.69) is 5.10 Å². The van der Waals surface area contributed by atoms with Gasteiger partial charge in [0.05, 0.1) is 6.42 Å². The van der Waals surface area contributed by atoms with Gasteiger partial charge in [-0.15, -0.1) is 0 Å². The lowest BCUT2D eigenvalue weighted by molar-refractivity contribution is -0.137. The van der Waals surface area contributed by atoms with Crippen molar-refractivity contribution in [2.24, 2.45) is 7.05 Å². The highest BCUT2D eigenvalue weighted by molar-refractivity contribution is 5.92. The van der Waals surface area contributed by atoms with Crippen LogP contribution in [0.25, 0.3) is 0 Å². The molecular formula is C15H15F2N3O3. The van der Waals surface area contributed by atoms with E-state index in [9.17, 15) is 18.4 Å². The largest absolute Gasteiger partial charge is 0.481 e. The van der Waals surface area contributed by atoms with Crippen molar-refractivity contribution in [3.63, 3.8) is 0 Å². The quantitative estimate of drug-likeness (QED) is 0.880. The number of aliphatic carboxylic acids is 1. The maximum atomic E-state index is 13.8. The predicted octanol–water partition coefficient (Wildman–Crippen LogP) is 1.82. The number of nitrogens with zero attached hydrogens (tertiary/aromatic N) is 3. The zero-order chi connectivity index (χ0) is 17.0. The van der Waals surface area contributed by atoms with E-state index in [0.29, 0.717) is 0 Å². The molecule has 2 aromatic rings. The average Bonchev–Trinajstić information content (AvgIpc) is 2.93. The smallest absolute Gasteiger partial charge is 0.305 e. The van der Waals surface area contributed by atoms with Crippen LogP contribution in [-0.4, -0.2) is 38.2 Å². The number of carboxylic acids is 1. The maximum absolute atomic E-state index is 13.8. The van der Waals surface area contributed by atoms with Gasteiger partial charge in [-0.2, -0.15) is 5.10 Å². The molecule has 122 valence electrons. The van der Waals surface area contributed by atoms with Crippen molar-refractivity contribution >= 4 is 11.9 Å². The van der Waals surface area contributed by atoms with E-state index in [0.717, 1.165) is 11.0 Å².